The normalized spacial score (nSPS) is 14.3. The Labute approximate surface area is 125 Å². The third kappa shape index (κ3) is 4.00. The lowest BCUT2D eigenvalue weighted by Crippen LogP contribution is -2.40. The first-order valence-corrected chi connectivity index (χ1v) is 7.38. The Hall–Kier alpha value is -1.98. The SMILES string of the molecule is CC(C)CNC(=O)CN(C)C(=O)c1cc(N)cn1C1CC1. The number of nitrogens with one attached hydrogen (secondary N) is 1. The van der Waals surface area contributed by atoms with Gasteiger partial charge in [0.2, 0.25) is 5.91 Å². The van der Waals surface area contributed by atoms with E-state index in [1.165, 1.54) is 4.90 Å². The zero-order valence-electron chi connectivity index (χ0n) is 12.9. The molecule has 1 aliphatic carbocycles. The summed E-state index contributed by atoms with van der Waals surface area (Å²) < 4.78 is 1.93. The van der Waals surface area contributed by atoms with Crippen molar-refractivity contribution >= 4 is 17.5 Å². The molecule has 1 aliphatic rings. The lowest BCUT2D eigenvalue weighted by molar-refractivity contribution is -0.121. The van der Waals surface area contributed by atoms with Crippen molar-refractivity contribution in [3.63, 3.8) is 0 Å². The minimum absolute atomic E-state index is 0.0568. The molecule has 1 heterocycles. The first kappa shape index (κ1) is 15.4. The van der Waals surface area contributed by atoms with E-state index in [1.54, 1.807) is 19.3 Å². The predicted molar refractivity (Wildman–Crippen MR) is 81.9 cm³/mol. The van der Waals surface area contributed by atoms with Crippen molar-refractivity contribution in [3.05, 3.63) is 18.0 Å². The van der Waals surface area contributed by atoms with Crippen LogP contribution in [-0.4, -0.2) is 41.4 Å². The van der Waals surface area contributed by atoms with E-state index in [0.717, 1.165) is 12.8 Å². The summed E-state index contributed by atoms with van der Waals surface area (Å²) in [6.07, 6.45) is 3.96. The number of hydrogen-bond acceptors (Lipinski definition) is 3. The van der Waals surface area contributed by atoms with Gasteiger partial charge in [0.05, 0.1) is 12.2 Å². The van der Waals surface area contributed by atoms with Gasteiger partial charge in [-0.1, -0.05) is 13.8 Å². The molecular formula is C15H24N4O2. The lowest BCUT2D eigenvalue weighted by Gasteiger charge is -2.18. The number of aromatic nitrogens is 1. The van der Waals surface area contributed by atoms with Crippen molar-refractivity contribution in [2.75, 3.05) is 25.9 Å². The summed E-state index contributed by atoms with van der Waals surface area (Å²) in [5.41, 5.74) is 6.94. The molecule has 2 amide bonds. The van der Waals surface area contributed by atoms with Crippen LogP contribution in [0.1, 0.15) is 43.2 Å². The van der Waals surface area contributed by atoms with Crippen LogP contribution in [-0.2, 0) is 4.79 Å². The number of likely N-dealkylation sites (N-methyl/N-ethyl adjacent to an activating group) is 1. The fraction of sp³-hybridized carbons (Fsp3) is 0.600. The average Bonchev–Trinajstić information content (AvgIpc) is 3.18. The molecule has 1 aromatic rings. The van der Waals surface area contributed by atoms with Gasteiger partial charge in [-0.05, 0) is 24.8 Å². The summed E-state index contributed by atoms with van der Waals surface area (Å²) in [6, 6.07) is 2.06. The molecule has 0 radical (unpaired) electrons. The molecule has 0 bridgehead atoms. The highest BCUT2D eigenvalue weighted by atomic mass is 16.2. The summed E-state index contributed by atoms with van der Waals surface area (Å²) in [5.74, 6) is 0.0807. The molecule has 116 valence electrons. The van der Waals surface area contributed by atoms with Crippen LogP contribution in [0.2, 0.25) is 0 Å². The van der Waals surface area contributed by atoms with Crippen molar-refractivity contribution in [1.29, 1.82) is 0 Å². The molecule has 6 heteroatoms. The van der Waals surface area contributed by atoms with E-state index in [0.29, 0.717) is 29.9 Å². The highest BCUT2D eigenvalue weighted by Gasteiger charge is 2.29. The third-order valence-electron chi connectivity index (χ3n) is 3.46. The van der Waals surface area contributed by atoms with Crippen LogP contribution in [0.4, 0.5) is 5.69 Å². The van der Waals surface area contributed by atoms with Crippen molar-refractivity contribution in [3.8, 4) is 0 Å². The summed E-state index contributed by atoms with van der Waals surface area (Å²) >= 11 is 0. The van der Waals surface area contributed by atoms with Crippen molar-refractivity contribution < 1.29 is 9.59 Å². The number of nitrogens with zero attached hydrogens (tertiary/aromatic N) is 2. The zero-order chi connectivity index (χ0) is 15.6. The first-order chi connectivity index (χ1) is 9.88. The van der Waals surface area contributed by atoms with Gasteiger partial charge in [-0.2, -0.15) is 0 Å². The van der Waals surface area contributed by atoms with E-state index in [-0.39, 0.29) is 18.4 Å². The molecule has 1 saturated carbocycles. The Morgan fingerprint density at radius 2 is 2.14 bits per heavy atom. The maximum atomic E-state index is 12.5. The van der Waals surface area contributed by atoms with Crippen LogP contribution in [0, 0.1) is 5.92 Å². The predicted octanol–water partition coefficient (Wildman–Crippen LogP) is 1.25. The molecule has 0 atom stereocenters. The van der Waals surface area contributed by atoms with Gasteiger partial charge in [0, 0.05) is 25.8 Å². The highest BCUT2D eigenvalue weighted by Crippen LogP contribution is 2.37. The Kier molecular flexibility index (Phi) is 4.55. The summed E-state index contributed by atoms with van der Waals surface area (Å²) in [7, 11) is 1.64. The molecule has 0 unspecified atom stereocenters. The molecule has 21 heavy (non-hydrogen) atoms. The van der Waals surface area contributed by atoms with Gasteiger partial charge in [0.25, 0.3) is 5.91 Å². The van der Waals surface area contributed by atoms with Crippen molar-refractivity contribution in [2.45, 2.75) is 32.7 Å². The summed E-state index contributed by atoms with van der Waals surface area (Å²) in [6.45, 7) is 4.73. The molecule has 6 nitrogen and oxygen atoms in total. The van der Waals surface area contributed by atoms with Gasteiger partial charge >= 0.3 is 0 Å². The van der Waals surface area contributed by atoms with E-state index in [2.05, 4.69) is 5.32 Å². The second kappa shape index (κ2) is 6.20. The number of carbonyl (C=O) groups excluding carboxylic acids is 2. The fourth-order valence-corrected chi connectivity index (χ4v) is 2.18. The monoisotopic (exact) mass is 292 g/mol. The second-order valence-corrected chi connectivity index (χ2v) is 6.16. The van der Waals surface area contributed by atoms with Gasteiger partial charge < -0.3 is 20.5 Å². The van der Waals surface area contributed by atoms with E-state index in [4.69, 9.17) is 5.73 Å². The van der Waals surface area contributed by atoms with E-state index in [9.17, 15) is 9.59 Å². The molecule has 1 fully saturated rings. The van der Waals surface area contributed by atoms with Gasteiger partial charge in [-0.25, -0.2) is 0 Å². The van der Waals surface area contributed by atoms with Crippen LogP contribution >= 0.6 is 0 Å². The molecule has 1 aromatic heterocycles. The van der Waals surface area contributed by atoms with Crippen molar-refractivity contribution in [2.24, 2.45) is 5.92 Å². The Morgan fingerprint density at radius 3 is 2.71 bits per heavy atom. The fourth-order valence-electron chi connectivity index (χ4n) is 2.18. The van der Waals surface area contributed by atoms with Gasteiger partial charge in [0.1, 0.15) is 5.69 Å². The Morgan fingerprint density at radius 1 is 1.48 bits per heavy atom. The number of nitrogens with two attached hydrogens (primary N) is 1. The topological polar surface area (TPSA) is 80.4 Å². The minimum atomic E-state index is -0.168. The van der Waals surface area contributed by atoms with E-state index >= 15 is 0 Å². The van der Waals surface area contributed by atoms with Crippen LogP contribution in [0.25, 0.3) is 0 Å². The largest absolute Gasteiger partial charge is 0.397 e. The molecule has 3 N–H and O–H groups in total. The number of hydrogen-bond donors (Lipinski definition) is 2. The van der Waals surface area contributed by atoms with E-state index in [1.807, 2.05) is 18.4 Å². The Bertz CT molecular complexity index is 532. The maximum Gasteiger partial charge on any atom is 0.270 e. The number of amides is 2. The molecule has 0 saturated heterocycles. The maximum absolute atomic E-state index is 12.5. The minimum Gasteiger partial charge on any atom is -0.397 e. The third-order valence-corrected chi connectivity index (χ3v) is 3.46. The highest BCUT2D eigenvalue weighted by molar-refractivity contribution is 5.96. The van der Waals surface area contributed by atoms with Gasteiger partial charge in [0.15, 0.2) is 0 Å². The second-order valence-electron chi connectivity index (χ2n) is 6.16. The van der Waals surface area contributed by atoms with Crippen LogP contribution in [0.15, 0.2) is 12.3 Å². The van der Waals surface area contributed by atoms with E-state index < -0.39 is 0 Å². The number of anilines is 1. The number of carbonyl (C=O) groups is 2. The molecule has 2 rings (SSSR count). The summed E-state index contributed by atoms with van der Waals surface area (Å²) in [4.78, 5) is 25.7. The number of nitrogen functional groups attached to an aromatic ring is 1. The molecule has 0 aromatic carbocycles. The molecular weight excluding hydrogens is 268 g/mol. The van der Waals surface area contributed by atoms with Crippen LogP contribution in [0.5, 0.6) is 0 Å². The lowest BCUT2D eigenvalue weighted by atomic mass is 10.2. The average molecular weight is 292 g/mol. The van der Waals surface area contributed by atoms with Crippen LogP contribution < -0.4 is 11.1 Å². The van der Waals surface area contributed by atoms with Crippen LogP contribution in [0.3, 0.4) is 0 Å². The molecule has 0 aliphatic heterocycles. The molecule has 0 spiro atoms. The van der Waals surface area contributed by atoms with Crippen molar-refractivity contribution in [1.82, 2.24) is 14.8 Å². The number of rotatable bonds is 6. The van der Waals surface area contributed by atoms with Gasteiger partial charge in [-0.3, -0.25) is 9.59 Å². The summed E-state index contributed by atoms with van der Waals surface area (Å²) in [5, 5.41) is 2.81. The first-order valence-electron chi connectivity index (χ1n) is 7.38. The Balaban J connectivity index is 1.97. The standard InChI is InChI=1S/C15H24N4O2/c1-10(2)7-17-14(20)9-18(3)15(21)13-6-11(16)8-19(13)12-4-5-12/h6,8,10,12H,4-5,7,9,16H2,1-3H3,(H,17,20). The smallest absolute Gasteiger partial charge is 0.270 e. The zero-order valence-corrected chi connectivity index (χ0v) is 12.9. The van der Waals surface area contributed by atoms with Gasteiger partial charge in [-0.15, -0.1) is 0 Å². The quantitative estimate of drug-likeness (QED) is 0.828.